The number of carbonyl (C=O) groups is 1. The molecule has 1 atom stereocenters. The third kappa shape index (κ3) is 7.89. The van der Waals surface area contributed by atoms with E-state index in [2.05, 4.69) is 17.0 Å². The van der Waals surface area contributed by atoms with E-state index in [1.54, 1.807) is 0 Å². The summed E-state index contributed by atoms with van der Waals surface area (Å²) < 4.78 is 11.7. The fraction of sp³-hybridized carbons (Fsp3) is 0.708. The summed E-state index contributed by atoms with van der Waals surface area (Å²) in [7, 11) is 2.02. The maximum Gasteiger partial charge on any atom is 0.222 e. The van der Waals surface area contributed by atoms with Gasteiger partial charge in [0.15, 0.2) is 0 Å². The first-order chi connectivity index (χ1) is 14.6. The summed E-state index contributed by atoms with van der Waals surface area (Å²) in [5.41, 5.74) is 1.19. The number of aliphatic hydroxyl groups excluding tert-OH is 1. The summed E-state index contributed by atoms with van der Waals surface area (Å²) >= 11 is 0. The highest BCUT2D eigenvalue weighted by atomic mass is 16.5. The van der Waals surface area contributed by atoms with Crippen LogP contribution in [0.15, 0.2) is 24.3 Å². The van der Waals surface area contributed by atoms with Gasteiger partial charge in [0.1, 0.15) is 5.75 Å². The molecule has 1 aromatic carbocycles. The minimum absolute atomic E-state index is 0.272. The van der Waals surface area contributed by atoms with Gasteiger partial charge in [-0.05, 0) is 50.4 Å². The van der Waals surface area contributed by atoms with E-state index in [1.165, 1.54) is 24.8 Å². The number of likely N-dealkylation sites (tertiary alicyclic amines) is 1. The van der Waals surface area contributed by atoms with Gasteiger partial charge in [0, 0.05) is 32.6 Å². The molecule has 0 unspecified atom stereocenters. The maximum atomic E-state index is 11.6. The average molecular weight is 419 g/mol. The largest absolute Gasteiger partial charge is 0.494 e. The third-order valence-corrected chi connectivity index (χ3v) is 5.99. The smallest absolute Gasteiger partial charge is 0.222 e. The number of ether oxygens (including phenoxy) is 2. The van der Waals surface area contributed by atoms with Crippen molar-refractivity contribution in [1.82, 2.24) is 9.80 Å². The highest BCUT2D eigenvalue weighted by Crippen LogP contribution is 2.20. The van der Waals surface area contributed by atoms with Crippen molar-refractivity contribution >= 4 is 5.91 Å². The lowest BCUT2D eigenvalue weighted by atomic mass is 9.98. The minimum Gasteiger partial charge on any atom is -0.494 e. The number of aliphatic hydroxyl groups is 1. The van der Waals surface area contributed by atoms with Crippen molar-refractivity contribution in [1.29, 1.82) is 0 Å². The van der Waals surface area contributed by atoms with Gasteiger partial charge in [0.25, 0.3) is 0 Å². The molecule has 1 saturated heterocycles. The van der Waals surface area contributed by atoms with Gasteiger partial charge in [-0.2, -0.15) is 0 Å². The fourth-order valence-electron chi connectivity index (χ4n) is 4.34. The number of benzene rings is 1. The summed E-state index contributed by atoms with van der Waals surface area (Å²) in [5.74, 6) is 1.13. The van der Waals surface area contributed by atoms with Crippen LogP contribution in [0.1, 0.15) is 56.9 Å². The molecule has 30 heavy (non-hydrogen) atoms. The van der Waals surface area contributed by atoms with Crippen molar-refractivity contribution in [2.45, 2.75) is 70.1 Å². The molecule has 1 amide bonds. The fourth-order valence-corrected chi connectivity index (χ4v) is 4.34. The van der Waals surface area contributed by atoms with Crippen LogP contribution in [0.5, 0.6) is 5.75 Å². The van der Waals surface area contributed by atoms with E-state index in [0.717, 1.165) is 51.1 Å². The van der Waals surface area contributed by atoms with Crippen LogP contribution in [-0.4, -0.2) is 72.9 Å². The van der Waals surface area contributed by atoms with Crippen LogP contribution >= 0.6 is 0 Å². The van der Waals surface area contributed by atoms with Crippen molar-refractivity contribution in [2.75, 3.05) is 39.9 Å². The minimum atomic E-state index is -0.456. The molecule has 1 aliphatic heterocycles. The Labute approximate surface area is 181 Å². The second-order valence-corrected chi connectivity index (χ2v) is 8.77. The van der Waals surface area contributed by atoms with Gasteiger partial charge in [-0.15, -0.1) is 0 Å². The van der Waals surface area contributed by atoms with Gasteiger partial charge in [0.2, 0.25) is 5.91 Å². The van der Waals surface area contributed by atoms with Gasteiger partial charge >= 0.3 is 0 Å². The van der Waals surface area contributed by atoms with Gasteiger partial charge in [-0.3, -0.25) is 9.69 Å². The summed E-state index contributed by atoms with van der Waals surface area (Å²) in [4.78, 5) is 15.6. The van der Waals surface area contributed by atoms with Gasteiger partial charge in [-0.25, -0.2) is 0 Å². The lowest BCUT2D eigenvalue weighted by Crippen LogP contribution is -2.33. The lowest BCUT2D eigenvalue weighted by molar-refractivity contribution is -0.127. The van der Waals surface area contributed by atoms with Crippen molar-refractivity contribution in [3.63, 3.8) is 0 Å². The van der Waals surface area contributed by atoms with Crippen LogP contribution < -0.4 is 4.74 Å². The Morgan fingerprint density at radius 2 is 1.93 bits per heavy atom. The monoisotopic (exact) mass is 418 g/mol. The van der Waals surface area contributed by atoms with Crippen LogP contribution in [0.2, 0.25) is 0 Å². The van der Waals surface area contributed by atoms with Crippen molar-refractivity contribution < 1.29 is 19.4 Å². The van der Waals surface area contributed by atoms with Crippen LogP contribution in [0.25, 0.3) is 0 Å². The van der Waals surface area contributed by atoms with E-state index in [0.29, 0.717) is 32.3 Å². The molecule has 0 bridgehead atoms. The van der Waals surface area contributed by atoms with E-state index in [9.17, 15) is 9.90 Å². The molecule has 6 nitrogen and oxygen atoms in total. The Bertz CT molecular complexity index is 631. The van der Waals surface area contributed by atoms with Crippen LogP contribution in [-0.2, 0) is 16.1 Å². The van der Waals surface area contributed by atoms with E-state index in [4.69, 9.17) is 9.47 Å². The van der Waals surface area contributed by atoms with E-state index in [1.807, 2.05) is 24.1 Å². The molecule has 1 saturated carbocycles. The molecule has 168 valence electrons. The molecule has 1 aromatic rings. The quantitative estimate of drug-likeness (QED) is 0.528. The third-order valence-electron chi connectivity index (χ3n) is 5.99. The second-order valence-electron chi connectivity index (χ2n) is 8.77. The first-order valence-electron chi connectivity index (χ1n) is 11.6. The summed E-state index contributed by atoms with van der Waals surface area (Å²) in [6, 6.07) is 8.13. The lowest BCUT2D eigenvalue weighted by Gasteiger charge is -2.25. The van der Waals surface area contributed by atoms with Crippen molar-refractivity contribution in [3.05, 3.63) is 29.8 Å². The summed E-state index contributed by atoms with van der Waals surface area (Å²) in [6.07, 6.45) is 8.49. The number of nitrogens with zero attached hydrogens (tertiary/aromatic N) is 2. The first-order valence-corrected chi connectivity index (χ1v) is 11.6. The maximum absolute atomic E-state index is 11.6. The average Bonchev–Trinajstić information content (AvgIpc) is 3.16. The Hall–Kier alpha value is -1.63. The number of amides is 1. The predicted octanol–water partition coefficient (Wildman–Crippen LogP) is 3.22. The Morgan fingerprint density at radius 1 is 1.17 bits per heavy atom. The number of hydrogen-bond donors (Lipinski definition) is 1. The van der Waals surface area contributed by atoms with Crippen LogP contribution in [0, 0.1) is 0 Å². The molecule has 6 heteroatoms. The first kappa shape index (κ1) is 23.0. The van der Waals surface area contributed by atoms with Crippen LogP contribution in [0.4, 0.5) is 0 Å². The predicted molar refractivity (Wildman–Crippen MR) is 118 cm³/mol. The van der Waals surface area contributed by atoms with E-state index >= 15 is 0 Å². The summed E-state index contributed by atoms with van der Waals surface area (Å²) in [5, 5.41) is 10.3. The Balaban J connectivity index is 1.29. The van der Waals surface area contributed by atoms with E-state index < -0.39 is 6.10 Å². The zero-order valence-electron chi connectivity index (χ0n) is 18.4. The highest BCUT2D eigenvalue weighted by molar-refractivity contribution is 5.77. The number of carbonyl (C=O) groups excluding carboxylic acids is 1. The van der Waals surface area contributed by atoms with Crippen molar-refractivity contribution in [3.8, 4) is 5.75 Å². The summed E-state index contributed by atoms with van der Waals surface area (Å²) in [6.45, 7) is 4.09. The SMILES string of the molecule is CN(Cc1ccc(OCCCN2CCCC2=O)cc1)C[C@@H](O)COC1CCCCC1. The molecule has 2 aliphatic rings. The molecule has 2 fully saturated rings. The second kappa shape index (κ2) is 12.3. The molecule has 1 N–H and O–H groups in total. The molecule has 1 aliphatic carbocycles. The molecule has 1 heterocycles. The van der Waals surface area contributed by atoms with Gasteiger partial charge < -0.3 is 19.5 Å². The topological polar surface area (TPSA) is 62.2 Å². The molecule has 0 spiro atoms. The van der Waals surface area contributed by atoms with Gasteiger partial charge in [0.05, 0.1) is 25.4 Å². The zero-order chi connectivity index (χ0) is 21.2. The molecule has 0 radical (unpaired) electrons. The number of rotatable bonds is 12. The number of hydrogen-bond acceptors (Lipinski definition) is 5. The van der Waals surface area contributed by atoms with Gasteiger partial charge in [-0.1, -0.05) is 31.4 Å². The highest BCUT2D eigenvalue weighted by Gasteiger charge is 2.19. The van der Waals surface area contributed by atoms with Crippen molar-refractivity contribution in [2.24, 2.45) is 0 Å². The van der Waals surface area contributed by atoms with E-state index in [-0.39, 0.29) is 5.91 Å². The molecule has 0 aromatic heterocycles. The molecular weight excluding hydrogens is 380 g/mol. The zero-order valence-corrected chi connectivity index (χ0v) is 18.4. The molecular formula is C24H38N2O4. The molecule has 3 rings (SSSR count). The standard InChI is InChI=1S/C24H38N2O4/c1-25(18-21(27)19-30-22-7-3-2-4-8-22)17-20-10-12-23(13-11-20)29-16-6-15-26-14-5-9-24(26)28/h10-13,21-22,27H,2-9,14-19H2,1H3/t21-/m1/s1. The van der Waals surface area contributed by atoms with Crippen LogP contribution in [0.3, 0.4) is 0 Å². The number of likely N-dealkylation sites (N-methyl/N-ethyl adjacent to an activating group) is 1. The normalized spacial score (nSPS) is 18.9. The Morgan fingerprint density at radius 3 is 2.63 bits per heavy atom. The Kier molecular flexibility index (Phi) is 9.43.